The van der Waals surface area contributed by atoms with Crippen molar-refractivity contribution in [3.8, 4) is 0 Å². The molecule has 0 saturated heterocycles. The minimum Gasteiger partial charge on any atom is -0.390 e. The van der Waals surface area contributed by atoms with Crippen LogP contribution in [0.5, 0.6) is 0 Å². The summed E-state index contributed by atoms with van der Waals surface area (Å²) < 4.78 is 2.25. The number of aliphatic hydroxyl groups excluding tert-OH is 1. The molecule has 1 aromatic carbocycles. The summed E-state index contributed by atoms with van der Waals surface area (Å²) in [5, 5.41) is 9.43. The maximum atomic E-state index is 9.43. The number of hydrogen-bond donors (Lipinski definition) is 1. The summed E-state index contributed by atoms with van der Waals surface area (Å²) in [4.78, 5) is 0. The van der Waals surface area contributed by atoms with Gasteiger partial charge in [-0.15, -0.1) is 0 Å². The highest BCUT2D eigenvalue weighted by atomic mass is 16.3. The molecule has 0 atom stereocenters. The van der Waals surface area contributed by atoms with E-state index in [9.17, 15) is 5.11 Å². The summed E-state index contributed by atoms with van der Waals surface area (Å²) in [6, 6.07) is 12.8. The van der Waals surface area contributed by atoms with Crippen LogP contribution < -0.4 is 0 Å². The van der Waals surface area contributed by atoms with Gasteiger partial charge in [-0.2, -0.15) is 0 Å². The largest absolute Gasteiger partial charge is 0.390 e. The monoisotopic (exact) mass is 257 g/mol. The van der Waals surface area contributed by atoms with Crippen LogP contribution in [-0.2, 0) is 19.6 Å². The van der Waals surface area contributed by atoms with Crippen LogP contribution in [0.2, 0.25) is 0 Å². The lowest BCUT2D eigenvalue weighted by Gasteiger charge is -2.15. The van der Waals surface area contributed by atoms with E-state index in [1.54, 1.807) is 0 Å². The van der Waals surface area contributed by atoms with Gasteiger partial charge in [0.2, 0.25) is 0 Å². The summed E-state index contributed by atoms with van der Waals surface area (Å²) in [5.41, 5.74) is 4.90. The lowest BCUT2D eigenvalue weighted by Crippen LogP contribution is -2.11. The third-order valence-corrected chi connectivity index (χ3v) is 3.38. The maximum absolute atomic E-state index is 9.43. The fourth-order valence-electron chi connectivity index (χ4n) is 2.36. The number of aryl methyl sites for hydroxylation is 1. The summed E-state index contributed by atoms with van der Waals surface area (Å²) in [5.74, 6) is 0.578. The zero-order valence-electron chi connectivity index (χ0n) is 12.1. The van der Waals surface area contributed by atoms with Gasteiger partial charge in [-0.1, -0.05) is 43.7 Å². The Labute approximate surface area is 115 Å². The minimum absolute atomic E-state index is 0.112. The molecule has 0 fully saturated rings. The molecular formula is C17H23NO. The SMILES string of the molecule is Cc1ccc(Cc2ccc(CO)n2CC(C)C)cc1. The number of aliphatic hydroxyl groups is 1. The summed E-state index contributed by atoms with van der Waals surface area (Å²) in [6.45, 7) is 7.59. The molecule has 19 heavy (non-hydrogen) atoms. The average molecular weight is 257 g/mol. The van der Waals surface area contributed by atoms with E-state index in [1.165, 1.54) is 16.8 Å². The second-order valence-corrected chi connectivity index (χ2v) is 5.64. The number of aromatic nitrogens is 1. The molecule has 2 rings (SSSR count). The van der Waals surface area contributed by atoms with Gasteiger partial charge in [0.25, 0.3) is 0 Å². The molecule has 0 spiro atoms. The molecule has 2 nitrogen and oxygen atoms in total. The van der Waals surface area contributed by atoms with Crippen molar-refractivity contribution in [3.05, 3.63) is 58.9 Å². The Morgan fingerprint density at radius 1 is 1.00 bits per heavy atom. The van der Waals surface area contributed by atoms with E-state index >= 15 is 0 Å². The van der Waals surface area contributed by atoms with Crippen LogP contribution in [0.25, 0.3) is 0 Å². The van der Waals surface area contributed by atoms with E-state index in [4.69, 9.17) is 0 Å². The van der Waals surface area contributed by atoms with E-state index < -0.39 is 0 Å². The van der Waals surface area contributed by atoms with E-state index in [2.05, 4.69) is 55.7 Å². The van der Waals surface area contributed by atoms with Crippen LogP contribution in [0.15, 0.2) is 36.4 Å². The molecule has 0 unspecified atom stereocenters. The molecule has 102 valence electrons. The second kappa shape index (κ2) is 6.07. The number of hydrogen-bond acceptors (Lipinski definition) is 1. The molecular weight excluding hydrogens is 234 g/mol. The molecule has 0 aliphatic rings. The first kappa shape index (κ1) is 13.9. The zero-order valence-corrected chi connectivity index (χ0v) is 12.1. The van der Waals surface area contributed by atoms with E-state index in [1.807, 2.05) is 6.07 Å². The maximum Gasteiger partial charge on any atom is 0.0832 e. The van der Waals surface area contributed by atoms with Crippen LogP contribution in [0, 0.1) is 12.8 Å². The highest BCUT2D eigenvalue weighted by molar-refractivity contribution is 5.27. The van der Waals surface area contributed by atoms with Gasteiger partial charge in [0, 0.05) is 24.4 Å². The van der Waals surface area contributed by atoms with E-state index in [0.29, 0.717) is 5.92 Å². The van der Waals surface area contributed by atoms with Crippen molar-refractivity contribution in [2.24, 2.45) is 5.92 Å². The predicted octanol–water partition coefficient (Wildman–Crippen LogP) is 3.54. The molecule has 1 aromatic heterocycles. The third kappa shape index (κ3) is 3.48. The van der Waals surface area contributed by atoms with E-state index in [-0.39, 0.29) is 6.61 Å². The molecule has 0 amide bonds. The molecule has 0 bridgehead atoms. The van der Waals surface area contributed by atoms with Gasteiger partial charge in [0.15, 0.2) is 0 Å². The van der Waals surface area contributed by atoms with Crippen molar-refractivity contribution in [1.82, 2.24) is 4.57 Å². The Bertz CT molecular complexity index is 523. The Morgan fingerprint density at radius 3 is 2.21 bits per heavy atom. The van der Waals surface area contributed by atoms with Crippen LogP contribution in [-0.4, -0.2) is 9.67 Å². The van der Waals surface area contributed by atoms with Crippen molar-refractivity contribution >= 4 is 0 Å². The second-order valence-electron chi connectivity index (χ2n) is 5.64. The Hall–Kier alpha value is -1.54. The molecule has 0 radical (unpaired) electrons. The highest BCUT2D eigenvalue weighted by Crippen LogP contribution is 2.17. The smallest absolute Gasteiger partial charge is 0.0832 e. The molecule has 2 heteroatoms. The van der Waals surface area contributed by atoms with Crippen molar-refractivity contribution < 1.29 is 5.11 Å². The van der Waals surface area contributed by atoms with Gasteiger partial charge < -0.3 is 9.67 Å². The van der Waals surface area contributed by atoms with Gasteiger partial charge in [-0.05, 0) is 30.5 Å². The first-order valence-corrected chi connectivity index (χ1v) is 6.94. The molecule has 0 saturated carbocycles. The van der Waals surface area contributed by atoms with Crippen LogP contribution in [0.4, 0.5) is 0 Å². The normalized spacial score (nSPS) is 11.2. The predicted molar refractivity (Wildman–Crippen MR) is 79.2 cm³/mol. The number of benzene rings is 1. The molecule has 1 heterocycles. The number of nitrogens with zero attached hydrogens (tertiary/aromatic N) is 1. The van der Waals surface area contributed by atoms with Gasteiger partial charge in [-0.3, -0.25) is 0 Å². The standard InChI is InChI=1S/C17H23NO/c1-13(2)11-18-16(8-9-17(18)12-19)10-15-6-4-14(3)5-7-15/h4-9,13,19H,10-12H2,1-3H3. The topological polar surface area (TPSA) is 25.2 Å². The highest BCUT2D eigenvalue weighted by Gasteiger charge is 2.09. The zero-order chi connectivity index (χ0) is 13.8. The van der Waals surface area contributed by atoms with Gasteiger partial charge >= 0.3 is 0 Å². The molecule has 0 aliphatic heterocycles. The van der Waals surface area contributed by atoms with Gasteiger partial charge in [0.1, 0.15) is 0 Å². The molecule has 0 aliphatic carbocycles. The van der Waals surface area contributed by atoms with Crippen LogP contribution in [0.3, 0.4) is 0 Å². The number of rotatable bonds is 5. The average Bonchev–Trinajstić information content (AvgIpc) is 2.74. The lowest BCUT2D eigenvalue weighted by molar-refractivity contribution is 0.267. The quantitative estimate of drug-likeness (QED) is 0.871. The van der Waals surface area contributed by atoms with Crippen LogP contribution in [0.1, 0.15) is 36.4 Å². The summed E-state index contributed by atoms with van der Waals surface area (Å²) >= 11 is 0. The fraction of sp³-hybridized carbons (Fsp3) is 0.412. The van der Waals surface area contributed by atoms with Crippen molar-refractivity contribution in [2.45, 2.75) is 40.3 Å². The Balaban J connectivity index is 2.24. The summed E-state index contributed by atoms with van der Waals surface area (Å²) in [7, 11) is 0. The third-order valence-electron chi connectivity index (χ3n) is 3.38. The van der Waals surface area contributed by atoms with Crippen molar-refractivity contribution in [2.75, 3.05) is 0 Å². The Kier molecular flexibility index (Phi) is 4.43. The van der Waals surface area contributed by atoms with Gasteiger partial charge in [0.05, 0.1) is 6.61 Å². The van der Waals surface area contributed by atoms with Crippen molar-refractivity contribution in [3.63, 3.8) is 0 Å². The Morgan fingerprint density at radius 2 is 1.63 bits per heavy atom. The first-order chi connectivity index (χ1) is 9.10. The first-order valence-electron chi connectivity index (χ1n) is 6.94. The molecule has 1 N–H and O–H groups in total. The van der Waals surface area contributed by atoms with Crippen molar-refractivity contribution in [1.29, 1.82) is 0 Å². The van der Waals surface area contributed by atoms with Crippen LogP contribution >= 0.6 is 0 Å². The van der Waals surface area contributed by atoms with E-state index in [0.717, 1.165) is 18.7 Å². The minimum atomic E-state index is 0.112. The fourth-order valence-corrected chi connectivity index (χ4v) is 2.36. The summed E-state index contributed by atoms with van der Waals surface area (Å²) in [6.07, 6.45) is 0.924. The molecule has 2 aromatic rings. The van der Waals surface area contributed by atoms with Gasteiger partial charge in [-0.25, -0.2) is 0 Å². The lowest BCUT2D eigenvalue weighted by atomic mass is 10.1.